The van der Waals surface area contributed by atoms with Gasteiger partial charge in [0.2, 0.25) is 5.78 Å². The van der Waals surface area contributed by atoms with Crippen molar-refractivity contribution in [2.24, 2.45) is 11.1 Å². The first-order chi connectivity index (χ1) is 14.5. The zero-order chi connectivity index (χ0) is 22.8. The zero-order valence-electron chi connectivity index (χ0n) is 16.7. The topological polar surface area (TPSA) is 144 Å². The quantitative estimate of drug-likeness (QED) is 0.362. The summed E-state index contributed by atoms with van der Waals surface area (Å²) in [6, 6.07) is 1.55. The number of ketones is 1. The lowest BCUT2D eigenvalue weighted by molar-refractivity contribution is 0.104. The van der Waals surface area contributed by atoms with E-state index in [4.69, 9.17) is 16.7 Å². The molecule has 4 N–H and O–H groups in total. The fourth-order valence-corrected chi connectivity index (χ4v) is 5.09. The smallest absolute Gasteiger partial charge is 0.333 e. The van der Waals surface area contributed by atoms with Gasteiger partial charge in [-0.25, -0.2) is 15.1 Å². The molecule has 1 aliphatic rings. The summed E-state index contributed by atoms with van der Waals surface area (Å²) in [6.07, 6.45) is 3.97. The number of nitrogens with zero attached hydrogens (tertiary/aromatic N) is 2. The van der Waals surface area contributed by atoms with Crippen molar-refractivity contribution in [3.8, 4) is 0 Å². The molecule has 0 bridgehead atoms. The second-order valence-corrected chi connectivity index (χ2v) is 10.4. The predicted octanol–water partition coefficient (Wildman–Crippen LogP) is 2.83. The van der Waals surface area contributed by atoms with Gasteiger partial charge in [0.25, 0.3) is 0 Å². The van der Waals surface area contributed by atoms with Crippen LogP contribution >= 0.6 is 22.9 Å². The maximum Gasteiger partial charge on any atom is 0.333 e. The molecule has 1 fully saturated rings. The van der Waals surface area contributed by atoms with E-state index in [1.807, 2.05) is 0 Å². The van der Waals surface area contributed by atoms with E-state index in [1.54, 1.807) is 13.0 Å². The van der Waals surface area contributed by atoms with Gasteiger partial charge in [-0.1, -0.05) is 18.2 Å². The molecule has 0 amide bonds. The second kappa shape index (κ2) is 9.72. The summed E-state index contributed by atoms with van der Waals surface area (Å²) in [4.78, 5) is 21.6. The number of aliphatic hydroxyl groups is 1. The van der Waals surface area contributed by atoms with Crippen molar-refractivity contribution in [2.45, 2.75) is 38.3 Å². The summed E-state index contributed by atoms with van der Waals surface area (Å²) in [5, 5.41) is 18.4. The number of hydrogen-bond acceptors (Lipinski definition) is 9. The first-order valence-corrected chi connectivity index (χ1v) is 12.1. The first-order valence-electron chi connectivity index (χ1n) is 9.46. The lowest BCUT2D eigenvalue weighted by Crippen LogP contribution is -2.22. The van der Waals surface area contributed by atoms with Gasteiger partial charge in [-0.2, -0.15) is 8.42 Å². The molecular weight excluding hydrogens is 464 g/mol. The minimum absolute atomic E-state index is 0.0109. The molecule has 2 heterocycles. The maximum absolute atomic E-state index is 13.1. The summed E-state index contributed by atoms with van der Waals surface area (Å²) in [6.45, 7) is 5.42. The van der Waals surface area contributed by atoms with Crippen molar-refractivity contribution in [2.75, 3.05) is 11.9 Å². The van der Waals surface area contributed by atoms with Gasteiger partial charge in [-0.3, -0.25) is 8.98 Å². The Morgan fingerprint density at radius 3 is 2.94 bits per heavy atom. The minimum atomic E-state index is -3.97. The van der Waals surface area contributed by atoms with Gasteiger partial charge in [0.05, 0.1) is 21.4 Å². The Labute approximate surface area is 189 Å². The number of carbonyl (C=O) groups excluding carboxylic acids is 1. The molecule has 1 saturated carbocycles. The average Bonchev–Trinajstić information content (AvgIpc) is 3.31. The molecule has 1 unspecified atom stereocenters. The highest BCUT2D eigenvalue weighted by atomic mass is 35.5. The van der Waals surface area contributed by atoms with Crippen molar-refractivity contribution < 1.29 is 22.5 Å². The summed E-state index contributed by atoms with van der Waals surface area (Å²) >= 11 is 7.30. The number of halogens is 1. The normalized spacial score (nSPS) is 19.9. The van der Waals surface area contributed by atoms with Crippen molar-refractivity contribution in [1.82, 2.24) is 9.97 Å². The summed E-state index contributed by atoms with van der Waals surface area (Å²) in [5.74, 6) is 0.0888. The largest absolute Gasteiger partial charge is 0.384 e. The molecule has 0 radical (unpaired) electrons. The Morgan fingerprint density at radius 1 is 1.52 bits per heavy atom. The Balaban J connectivity index is 1.73. The van der Waals surface area contributed by atoms with Crippen LogP contribution in [0.2, 0.25) is 4.34 Å². The third-order valence-corrected chi connectivity index (χ3v) is 6.86. The highest BCUT2D eigenvalue weighted by molar-refractivity contribution is 7.84. The molecule has 9 nitrogen and oxygen atoms in total. The summed E-state index contributed by atoms with van der Waals surface area (Å²) in [5.41, 5.74) is 1.23. The van der Waals surface area contributed by atoms with Crippen LogP contribution in [-0.2, 0) is 14.5 Å². The van der Waals surface area contributed by atoms with Crippen LogP contribution in [0.4, 0.5) is 5.82 Å². The van der Waals surface area contributed by atoms with E-state index in [2.05, 4.69) is 26.0 Å². The van der Waals surface area contributed by atoms with Gasteiger partial charge in [0.1, 0.15) is 18.2 Å². The van der Waals surface area contributed by atoms with Gasteiger partial charge in [0, 0.05) is 17.8 Å². The van der Waals surface area contributed by atoms with Crippen LogP contribution in [0, 0.1) is 5.92 Å². The molecule has 0 aromatic carbocycles. The third kappa shape index (κ3) is 6.09. The van der Waals surface area contributed by atoms with Gasteiger partial charge >= 0.3 is 10.3 Å². The van der Waals surface area contributed by atoms with Gasteiger partial charge in [-0.05, 0) is 43.7 Å². The van der Waals surface area contributed by atoms with Crippen molar-refractivity contribution in [3.63, 3.8) is 0 Å². The fourth-order valence-electron chi connectivity index (χ4n) is 3.43. The number of aromatic nitrogens is 2. The summed E-state index contributed by atoms with van der Waals surface area (Å²) < 4.78 is 27.0. The van der Waals surface area contributed by atoms with E-state index < -0.39 is 16.4 Å². The van der Waals surface area contributed by atoms with E-state index in [-0.39, 0.29) is 29.9 Å². The van der Waals surface area contributed by atoms with Gasteiger partial charge in [-0.15, -0.1) is 11.3 Å². The molecule has 12 heteroatoms. The van der Waals surface area contributed by atoms with E-state index >= 15 is 0 Å². The van der Waals surface area contributed by atoms with Crippen LogP contribution in [0.15, 0.2) is 30.7 Å². The molecule has 2 aromatic heterocycles. The molecule has 0 aliphatic heterocycles. The molecule has 0 spiro atoms. The van der Waals surface area contributed by atoms with Crippen LogP contribution in [0.25, 0.3) is 0 Å². The van der Waals surface area contributed by atoms with Gasteiger partial charge < -0.3 is 10.4 Å². The van der Waals surface area contributed by atoms with Crippen LogP contribution in [0.5, 0.6) is 0 Å². The Morgan fingerprint density at radius 2 is 2.26 bits per heavy atom. The number of thiophene rings is 1. The number of anilines is 1. The number of hydrogen-bond donors (Lipinski definition) is 3. The number of aliphatic hydroxyl groups excluding tert-OH is 1. The maximum atomic E-state index is 13.1. The molecule has 168 valence electrons. The molecule has 31 heavy (non-hydrogen) atoms. The number of nitrogens with one attached hydrogen (secondary N) is 1. The standard InChI is InChI=1S/C19H23ClN4O5S2/c1-10(2)16(25)13-6-15(30-18(13)20)17(26)14-7-22-9-23-19(14)24-12-4-3-11(5-12)8-29-31(21,27)28/h6-7,9,11-12,16,25H,1,3-5,8H2,2H3,(H2,21,27,28)(H,22,23,24)/t11-,12+,16?/m1/s1. The Hall–Kier alpha value is -1.89. The molecular formula is C19H23ClN4O5S2. The number of nitrogens with two attached hydrogens (primary N) is 1. The van der Waals surface area contributed by atoms with E-state index in [9.17, 15) is 18.3 Å². The monoisotopic (exact) mass is 486 g/mol. The highest BCUT2D eigenvalue weighted by Crippen LogP contribution is 2.36. The Kier molecular flexibility index (Phi) is 7.45. The molecule has 0 saturated heterocycles. The van der Waals surface area contributed by atoms with E-state index in [0.29, 0.717) is 32.6 Å². The Bertz CT molecular complexity index is 1090. The lowest BCUT2D eigenvalue weighted by atomic mass is 10.1. The predicted molar refractivity (Wildman–Crippen MR) is 118 cm³/mol. The van der Waals surface area contributed by atoms with Crippen LogP contribution in [-0.4, -0.2) is 41.9 Å². The van der Waals surface area contributed by atoms with Crippen molar-refractivity contribution in [3.05, 3.63) is 51.1 Å². The SMILES string of the molecule is C=C(C)C(O)c1cc(C(=O)c2cncnc2N[C@H]2CC[C@@H](COS(N)(=O)=O)C2)sc1Cl. The zero-order valence-corrected chi connectivity index (χ0v) is 19.1. The lowest BCUT2D eigenvalue weighted by Gasteiger charge is -2.15. The highest BCUT2D eigenvalue weighted by Gasteiger charge is 2.28. The van der Waals surface area contributed by atoms with Crippen LogP contribution in [0.1, 0.15) is 53.1 Å². The van der Waals surface area contributed by atoms with Gasteiger partial charge in [0.15, 0.2) is 0 Å². The van der Waals surface area contributed by atoms with Crippen molar-refractivity contribution >= 4 is 44.8 Å². The molecule has 3 rings (SSSR count). The molecule has 2 aromatic rings. The van der Waals surface area contributed by atoms with Crippen LogP contribution in [0.3, 0.4) is 0 Å². The molecule has 1 aliphatic carbocycles. The fraction of sp³-hybridized carbons (Fsp3) is 0.421. The van der Waals surface area contributed by atoms with Crippen molar-refractivity contribution in [1.29, 1.82) is 0 Å². The second-order valence-electron chi connectivity index (χ2n) is 7.50. The minimum Gasteiger partial charge on any atom is -0.384 e. The number of rotatable bonds is 9. The molecule has 3 atom stereocenters. The van der Waals surface area contributed by atoms with E-state index in [0.717, 1.165) is 24.2 Å². The number of carbonyl (C=O) groups is 1. The third-order valence-electron chi connectivity index (χ3n) is 5.01. The van der Waals surface area contributed by atoms with Crippen LogP contribution < -0.4 is 10.5 Å². The summed E-state index contributed by atoms with van der Waals surface area (Å²) in [7, 11) is -3.97. The van der Waals surface area contributed by atoms with E-state index in [1.165, 1.54) is 12.5 Å². The first kappa shape index (κ1) is 23.8. The average molecular weight is 487 g/mol.